The van der Waals surface area contributed by atoms with E-state index in [1.165, 1.54) is 6.33 Å². The summed E-state index contributed by atoms with van der Waals surface area (Å²) >= 11 is 0. The van der Waals surface area contributed by atoms with Crippen LogP contribution in [0.4, 0.5) is 5.69 Å². The maximum Gasteiger partial charge on any atom is 0.338 e. The Morgan fingerprint density at radius 2 is 1.93 bits per heavy atom. The van der Waals surface area contributed by atoms with E-state index < -0.39 is 5.97 Å². The Hall–Kier alpha value is -3.48. The number of aromatic nitrogens is 3. The summed E-state index contributed by atoms with van der Waals surface area (Å²) in [6.45, 7) is 1.70. The lowest BCUT2D eigenvalue weighted by Gasteiger charge is -2.22. The Bertz CT molecular complexity index is 967. The van der Waals surface area contributed by atoms with Crippen LogP contribution in [-0.2, 0) is 16.0 Å². The van der Waals surface area contributed by atoms with Gasteiger partial charge in [-0.15, -0.1) is 0 Å². The third-order valence-electron chi connectivity index (χ3n) is 4.59. The van der Waals surface area contributed by atoms with Crippen LogP contribution in [-0.4, -0.2) is 39.3 Å². The van der Waals surface area contributed by atoms with Gasteiger partial charge < -0.3 is 9.64 Å². The Labute approximate surface area is 156 Å². The minimum Gasteiger partial charge on any atom is -0.452 e. The van der Waals surface area contributed by atoms with Crippen molar-refractivity contribution in [2.24, 2.45) is 0 Å². The first-order valence-corrected chi connectivity index (χ1v) is 8.65. The second-order valence-corrected chi connectivity index (χ2v) is 6.41. The van der Waals surface area contributed by atoms with Gasteiger partial charge in [0.05, 0.1) is 11.3 Å². The number of carbonyl (C=O) groups is 2. The van der Waals surface area contributed by atoms with Gasteiger partial charge in [-0.1, -0.05) is 18.2 Å². The van der Waals surface area contributed by atoms with E-state index in [1.807, 2.05) is 31.2 Å². The molecule has 0 aliphatic carbocycles. The predicted molar refractivity (Wildman–Crippen MR) is 98.7 cm³/mol. The van der Waals surface area contributed by atoms with Crippen molar-refractivity contribution in [3.8, 4) is 5.69 Å². The first kappa shape index (κ1) is 17.0. The second-order valence-electron chi connectivity index (χ2n) is 6.41. The number of fused-ring (bicyclic) bond motifs is 1. The highest BCUT2D eigenvalue weighted by Gasteiger charge is 2.31. The van der Waals surface area contributed by atoms with Crippen molar-refractivity contribution in [1.29, 1.82) is 0 Å². The van der Waals surface area contributed by atoms with Crippen LogP contribution in [0.5, 0.6) is 0 Å². The molecule has 7 heteroatoms. The fourth-order valence-corrected chi connectivity index (χ4v) is 3.32. The molecule has 0 fully saturated rings. The van der Waals surface area contributed by atoms with E-state index >= 15 is 0 Å². The summed E-state index contributed by atoms with van der Waals surface area (Å²) in [6, 6.07) is 14.6. The third kappa shape index (κ3) is 3.31. The van der Waals surface area contributed by atoms with Crippen molar-refractivity contribution in [2.45, 2.75) is 19.4 Å². The normalized spacial score (nSPS) is 15.4. The monoisotopic (exact) mass is 362 g/mol. The van der Waals surface area contributed by atoms with E-state index in [0.717, 1.165) is 23.4 Å². The topological polar surface area (TPSA) is 77.3 Å². The number of hydrogen-bond acceptors (Lipinski definition) is 5. The highest BCUT2D eigenvalue weighted by atomic mass is 16.5. The first-order valence-electron chi connectivity index (χ1n) is 8.65. The van der Waals surface area contributed by atoms with E-state index in [1.54, 1.807) is 40.2 Å². The lowest BCUT2D eigenvalue weighted by Crippen LogP contribution is -2.38. The van der Waals surface area contributed by atoms with E-state index in [2.05, 4.69) is 10.1 Å². The molecule has 1 aliphatic heterocycles. The predicted octanol–water partition coefficient (Wildman–Crippen LogP) is 2.40. The standard InChI is InChI=1S/C20H18N4O3/c1-14-10-16-4-2-3-5-18(16)24(14)19(25)11-27-20(26)15-6-8-17(9-7-15)23-13-21-12-22-23/h2-9,12-14H,10-11H2,1H3/t14-/m0/s1. The molecule has 136 valence electrons. The second kappa shape index (κ2) is 7.03. The Morgan fingerprint density at radius 3 is 2.67 bits per heavy atom. The molecule has 27 heavy (non-hydrogen) atoms. The molecule has 1 atom stereocenters. The Morgan fingerprint density at radius 1 is 1.15 bits per heavy atom. The van der Waals surface area contributed by atoms with E-state index in [-0.39, 0.29) is 18.6 Å². The Balaban J connectivity index is 1.40. The van der Waals surface area contributed by atoms with Gasteiger partial charge in [0, 0.05) is 11.7 Å². The fourth-order valence-electron chi connectivity index (χ4n) is 3.32. The minimum absolute atomic E-state index is 0.0514. The zero-order valence-electron chi connectivity index (χ0n) is 14.8. The fraction of sp³-hybridized carbons (Fsp3) is 0.200. The average molecular weight is 362 g/mol. The summed E-state index contributed by atoms with van der Waals surface area (Å²) in [5.74, 6) is -0.756. The summed E-state index contributed by atoms with van der Waals surface area (Å²) in [4.78, 5) is 30.4. The maximum absolute atomic E-state index is 12.6. The number of para-hydroxylation sites is 1. The van der Waals surface area contributed by atoms with Gasteiger partial charge >= 0.3 is 5.97 Å². The molecule has 2 aromatic carbocycles. The van der Waals surface area contributed by atoms with Gasteiger partial charge in [0.1, 0.15) is 12.7 Å². The van der Waals surface area contributed by atoms with Gasteiger partial charge in [0.25, 0.3) is 5.91 Å². The zero-order chi connectivity index (χ0) is 18.8. The van der Waals surface area contributed by atoms with Crippen LogP contribution >= 0.6 is 0 Å². The lowest BCUT2D eigenvalue weighted by atomic mass is 10.1. The number of anilines is 1. The molecule has 0 radical (unpaired) electrons. The largest absolute Gasteiger partial charge is 0.452 e. The van der Waals surface area contributed by atoms with Gasteiger partial charge in [-0.05, 0) is 49.2 Å². The number of nitrogens with zero attached hydrogens (tertiary/aromatic N) is 4. The third-order valence-corrected chi connectivity index (χ3v) is 4.59. The number of esters is 1. The quantitative estimate of drug-likeness (QED) is 0.666. The van der Waals surface area contributed by atoms with Crippen molar-refractivity contribution in [3.63, 3.8) is 0 Å². The average Bonchev–Trinajstić information content (AvgIpc) is 3.33. The van der Waals surface area contributed by atoms with Crippen molar-refractivity contribution in [3.05, 3.63) is 72.3 Å². The van der Waals surface area contributed by atoms with Crippen molar-refractivity contribution < 1.29 is 14.3 Å². The molecular weight excluding hydrogens is 344 g/mol. The zero-order valence-corrected chi connectivity index (χ0v) is 14.8. The molecule has 0 bridgehead atoms. The van der Waals surface area contributed by atoms with Crippen LogP contribution in [0, 0.1) is 0 Å². The molecule has 4 rings (SSSR count). The lowest BCUT2D eigenvalue weighted by molar-refractivity contribution is -0.122. The van der Waals surface area contributed by atoms with E-state index in [4.69, 9.17) is 4.74 Å². The van der Waals surface area contributed by atoms with Crippen molar-refractivity contribution in [1.82, 2.24) is 14.8 Å². The molecule has 0 saturated carbocycles. The summed E-state index contributed by atoms with van der Waals surface area (Å²) in [5.41, 5.74) is 3.18. The van der Waals surface area contributed by atoms with E-state index in [0.29, 0.717) is 5.56 Å². The molecule has 0 spiro atoms. The van der Waals surface area contributed by atoms with Gasteiger partial charge in [0.15, 0.2) is 6.61 Å². The van der Waals surface area contributed by atoms with E-state index in [9.17, 15) is 9.59 Å². The first-order chi connectivity index (χ1) is 13.1. The van der Waals surface area contributed by atoms with Crippen LogP contribution in [0.15, 0.2) is 61.2 Å². The van der Waals surface area contributed by atoms with Crippen LogP contribution in [0.25, 0.3) is 5.69 Å². The van der Waals surface area contributed by atoms with Gasteiger partial charge in [-0.3, -0.25) is 4.79 Å². The summed E-state index contributed by atoms with van der Waals surface area (Å²) < 4.78 is 6.82. The van der Waals surface area contributed by atoms with Crippen LogP contribution in [0.1, 0.15) is 22.8 Å². The van der Waals surface area contributed by atoms with Gasteiger partial charge in [0.2, 0.25) is 0 Å². The Kier molecular flexibility index (Phi) is 4.42. The number of rotatable bonds is 4. The van der Waals surface area contributed by atoms with Crippen LogP contribution in [0.2, 0.25) is 0 Å². The van der Waals surface area contributed by atoms with Crippen molar-refractivity contribution in [2.75, 3.05) is 11.5 Å². The maximum atomic E-state index is 12.6. The molecule has 1 aliphatic rings. The minimum atomic E-state index is -0.534. The molecule has 3 aromatic rings. The summed E-state index contributed by atoms with van der Waals surface area (Å²) in [5, 5.41) is 4.03. The van der Waals surface area contributed by atoms with Gasteiger partial charge in [-0.2, -0.15) is 5.10 Å². The number of carbonyl (C=O) groups excluding carboxylic acids is 2. The molecule has 0 unspecified atom stereocenters. The summed E-state index contributed by atoms with van der Waals surface area (Å²) in [6.07, 6.45) is 3.81. The smallest absolute Gasteiger partial charge is 0.338 e. The molecular formula is C20H18N4O3. The molecule has 0 N–H and O–H groups in total. The summed E-state index contributed by atoms with van der Waals surface area (Å²) in [7, 11) is 0. The van der Waals surface area contributed by atoms with Crippen LogP contribution in [0.3, 0.4) is 0 Å². The highest BCUT2D eigenvalue weighted by molar-refractivity contribution is 5.99. The number of ether oxygens (including phenoxy) is 1. The molecule has 0 saturated heterocycles. The molecule has 1 aromatic heterocycles. The molecule has 2 heterocycles. The molecule has 7 nitrogen and oxygen atoms in total. The number of hydrogen-bond donors (Lipinski definition) is 0. The number of amides is 1. The van der Waals surface area contributed by atoms with Gasteiger partial charge in [-0.25, -0.2) is 14.5 Å². The number of benzene rings is 2. The van der Waals surface area contributed by atoms with Crippen LogP contribution < -0.4 is 4.90 Å². The molecule has 1 amide bonds. The SMILES string of the molecule is C[C@H]1Cc2ccccc2N1C(=O)COC(=O)c1ccc(-n2cncn2)cc1. The van der Waals surface area contributed by atoms with Crippen molar-refractivity contribution >= 4 is 17.6 Å². The highest BCUT2D eigenvalue weighted by Crippen LogP contribution is 2.31.